The Hall–Kier alpha value is -2.46. The van der Waals surface area contributed by atoms with Gasteiger partial charge in [-0.3, -0.25) is 0 Å². The van der Waals surface area contributed by atoms with Gasteiger partial charge in [-0.1, -0.05) is 23.8 Å². The molecule has 1 aliphatic rings. The predicted molar refractivity (Wildman–Crippen MR) is 89.2 cm³/mol. The van der Waals surface area contributed by atoms with E-state index in [0.29, 0.717) is 16.7 Å². The van der Waals surface area contributed by atoms with Crippen LogP contribution in [0.1, 0.15) is 6.42 Å². The summed E-state index contributed by atoms with van der Waals surface area (Å²) in [4.78, 5) is 4.29. The van der Waals surface area contributed by atoms with Crippen LogP contribution in [-0.4, -0.2) is 11.5 Å². The van der Waals surface area contributed by atoms with Gasteiger partial charge < -0.3 is 15.4 Å². The van der Waals surface area contributed by atoms with E-state index in [1.54, 1.807) is 18.3 Å². The monoisotopic (exact) mass is 313 g/mol. The van der Waals surface area contributed by atoms with Crippen molar-refractivity contribution in [2.24, 2.45) is 0 Å². The van der Waals surface area contributed by atoms with Crippen molar-refractivity contribution < 1.29 is 4.74 Å². The quantitative estimate of drug-likeness (QED) is 0.862. The van der Waals surface area contributed by atoms with Crippen LogP contribution in [0.2, 0.25) is 5.02 Å². The number of hydrogen-bond acceptors (Lipinski definition) is 4. The number of halogens is 1. The highest BCUT2D eigenvalue weighted by molar-refractivity contribution is 6.30. The van der Waals surface area contributed by atoms with Gasteiger partial charge in [0.15, 0.2) is 0 Å². The van der Waals surface area contributed by atoms with Crippen LogP contribution in [0, 0.1) is 0 Å². The number of anilines is 1. The topological polar surface area (TPSA) is 46.2 Å². The maximum absolute atomic E-state index is 5.84. The van der Waals surface area contributed by atoms with Gasteiger partial charge in [-0.15, -0.1) is 0 Å². The first-order chi connectivity index (χ1) is 10.8. The molecule has 0 bridgehead atoms. The number of ether oxygens (including phenoxy) is 1. The van der Waals surface area contributed by atoms with Gasteiger partial charge in [0.2, 0.25) is 5.88 Å². The van der Waals surface area contributed by atoms with Crippen LogP contribution >= 0.6 is 11.6 Å². The maximum atomic E-state index is 5.84. The third kappa shape index (κ3) is 4.02. The van der Waals surface area contributed by atoms with Crippen LogP contribution in [0.15, 0.2) is 66.6 Å². The molecule has 0 radical (unpaired) electrons. The molecule has 2 aromatic rings. The molecule has 3 rings (SSSR count). The highest BCUT2D eigenvalue weighted by atomic mass is 35.5. The second-order valence-corrected chi connectivity index (χ2v) is 5.24. The lowest BCUT2D eigenvalue weighted by molar-refractivity contribution is 0.463. The molecule has 1 aliphatic heterocycles. The van der Waals surface area contributed by atoms with Gasteiger partial charge in [-0.2, -0.15) is 0 Å². The van der Waals surface area contributed by atoms with Crippen molar-refractivity contribution in [3.05, 3.63) is 71.7 Å². The molecule has 0 spiro atoms. The Balaban J connectivity index is 1.55. The zero-order chi connectivity index (χ0) is 15.2. The van der Waals surface area contributed by atoms with Gasteiger partial charge in [0.05, 0.1) is 18.4 Å². The summed E-state index contributed by atoms with van der Waals surface area (Å²) in [5, 5.41) is 7.19. The Kier molecular flexibility index (Phi) is 4.61. The molecule has 0 amide bonds. The molecule has 4 nitrogen and oxygen atoms in total. The number of pyridine rings is 1. The average Bonchev–Trinajstić information content (AvgIpc) is 2.57. The van der Waals surface area contributed by atoms with E-state index in [0.717, 1.165) is 24.4 Å². The maximum Gasteiger partial charge on any atom is 0.219 e. The van der Waals surface area contributed by atoms with Crippen molar-refractivity contribution >= 4 is 17.3 Å². The Morgan fingerprint density at radius 2 is 2.05 bits per heavy atom. The number of rotatable bonds is 5. The fourth-order valence-electron chi connectivity index (χ4n) is 1.99. The number of hydrogen-bond donors (Lipinski definition) is 2. The Morgan fingerprint density at radius 1 is 1.18 bits per heavy atom. The molecule has 2 N–H and O–H groups in total. The molecular formula is C17H16ClN3O. The molecule has 0 fully saturated rings. The summed E-state index contributed by atoms with van der Waals surface area (Å²) in [6.07, 6.45) is 8.91. The minimum atomic E-state index is 0.547. The zero-order valence-corrected chi connectivity index (χ0v) is 12.7. The lowest BCUT2D eigenvalue weighted by Crippen LogP contribution is -2.16. The highest BCUT2D eigenvalue weighted by Crippen LogP contribution is 2.22. The summed E-state index contributed by atoms with van der Waals surface area (Å²) in [6, 6.07) is 11.0. The number of nitrogens with one attached hydrogen (secondary N) is 2. The molecule has 2 heterocycles. The van der Waals surface area contributed by atoms with Crippen molar-refractivity contribution in [1.29, 1.82) is 0 Å². The van der Waals surface area contributed by atoms with Gasteiger partial charge >= 0.3 is 0 Å². The summed E-state index contributed by atoms with van der Waals surface area (Å²) < 4.78 is 5.65. The first-order valence-electron chi connectivity index (χ1n) is 7.03. The normalized spacial score (nSPS) is 13.2. The molecule has 0 unspecified atom stereocenters. The van der Waals surface area contributed by atoms with Crippen LogP contribution in [0.25, 0.3) is 0 Å². The molecular weight excluding hydrogens is 298 g/mol. The van der Waals surface area contributed by atoms with Gasteiger partial charge in [0.25, 0.3) is 0 Å². The lowest BCUT2D eigenvalue weighted by atomic mass is 10.2. The summed E-state index contributed by atoms with van der Waals surface area (Å²) in [7, 11) is 0. The van der Waals surface area contributed by atoms with Crippen LogP contribution in [-0.2, 0) is 0 Å². The fourth-order valence-corrected chi connectivity index (χ4v) is 2.12. The molecule has 5 heteroatoms. The summed E-state index contributed by atoms with van der Waals surface area (Å²) in [5.74, 6) is 1.26. The molecule has 1 aromatic carbocycles. The van der Waals surface area contributed by atoms with E-state index in [9.17, 15) is 0 Å². The minimum absolute atomic E-state index is 0.547. The fraction of sp³-hybridized carbons (Fsp3) is 0.118. The molecule has 0 aliphatic carbocycles. The van der Waals surface area contributed by atoms with Crippen molar-refractivity contribution in [2.75, 3.05) is 11.9 Å². The summed E-state index contributed by atoms with van der Waals surface area (Å²) in [5.41, 5.74) is 2.10. The summed E-state index contributed by atoms with van der Waals surface area (Å²) in [6.45, 7) is 0.739. The number of benzene rings is 1. The number of aromatic nitrogens is 1. The first-order valence-corrected chi connectivity index (χ1v) is 7.41. The second kappa shape index (κ2) is 7.00. The van der Waals surface area contributed by atoms with Gasteiger partial charge in [-0.25, -0.2) is 4.98 Å². The standard InChI is InChI=1S/C17H16ClN3O/c18-13-4-7-16(8-5-13)22-17-9-6-15(12-21-17)20-11-14-3-1-2-10-19-14/h2-10,12,19-20H,1,11H2. The molecule has 1 aromatic heterocycles. The average molecular weight is 314 g/mol. The van der Waals surface area contributed by atoms with E-state index in [1.807, 2.05) is 30.5 Å². The van der Waals surface area contributed by atoms with Crippen LogP contribution in [0.5, 0.6) is 11.6 Å². The van der Waals surface area contributed by atoms with Gasteiger partial charge in [-0.05, 0) is 43.0 Å². The molecule has 22 heavy (non-hydrogen) atoms. The Morgan fingerprint density at radius 3 is 2.73 bits per heavy atom. The molecule has 0 saturated heterocycles. The third-order valence-electron chi connectivity index (χ3n) is 3.14. The van der Waals surface area contributed by atoms with Crippen LogP contribution in [0.4, 0.5) is 5.69 Å². The minimum Gasteiger partial charge on any atom is -0.439 e. The zero-order valence-electron chi connectivity index (χ0n) is 11.9. The Labute approximate surface area is 134 Å². The molecule has 0 atom stereocenters. The highest BCUT2D eigenvalue weighted by Gasteiger charge is 2.01. The number of allylic oxidation sites excluding steroid dienone is 2. The van der Waals surface area contributed by atoms with E-state index in [4.69, 9.17) is 16.3 Å². The van der Waals surface area contributed by atoms with Gasteiger partial charge in [0, 0.05) is 16.8 Å². The van der Waals surface area contributed by atoms with Crippen molar-refractivity contribution in [3.63, 3.8) is 0 Å². The predicted octanol–water partition coefficient (Wildman–Crippen LogP) is 4.33. The van der Waals surface area contributed by atoms with Crippen molar-refractivity contribution in [1.82, 2.24) is 10.3 Å². The van der Waals surface area contributed by atoms with Crippen molar-refractivity contribution in [2.45, 2.75) is 6.42 Å². The molecule has 0 saturated carbocycles. The van der Waals surface area contributed by atoms with E-state index in [1.165, 1.54) is 0 Å². The van der Waals surface area contributed by atoms with Crippen LogP contribution < -0.4 is 15.4 Å². The lowest BCUT2D eigenvalue weighted by Gasteiger charge is -2.13. The molecule has 112 valence electrons. The van der Waals surface area contributed by atoms with Crippen molar-refractivity contribution in [3.8, 4) is 11.6 Å². The Bertz CT molecular complexity index is 678. The third-order valence-corrected chi connectivity index (χ3v) is 3.39. The summed E-state index contributed by atoms with van der Waals surface area (Å²) >= 11 is 5.84. The van der Waals surface area contributed by atoms with E-state index in [2.05, 4.69) is 27.8 Å². The second-order valence-electron chi connectivity index (χ2n) is 4.81. The van der Waals surface area contributed by atoms with Crippen LogP contribution in [0.3, 0.4) is 0 Å². The first kappa shape index (κ1) is 14.5. The smallest absolute Gasteiger partial charge is 0.219 e. The van der Waals surface area contributed by atoms with E-state index < -0.39 is 0 Å². The largest absolute Gasteiger partial charge is 0.439 e. The SMILES string of the molecule is Clc1ccc(Oc2ccc(NCC3=CCC=CN3)cn2)cc1. The van der Waals surface area contributed by atoms with E-state index in [-0.39, 0.29) is 0 Å². The number of nitrogens with zero attached hydrogens (tertiary/aromatic N) is 1. The van der Waals surface area contributed by atoms with E-state index >= 15 is 0 Å². The van der Waals surface area contributed by atoms with Gasteiger partial charge in [0.1, 0.15) is 5.75 Å². The number of dihydropyridines is 1.